The molecular formula is C23H27N3O2. The molecule has 28 heavy (non-hydrogen) atoms. The second-order valence-corrected chi connectivity index (χ2v) is 6.64. The van der Waals surface area contributed by atoms with Gasteiger partial charge in [-0.3, -0.25) is 4.99 Å². The molecule has 0 saturated heterocycles. The lowest BCUT2D eigenvalue weighted by Gasteiger charge is -2.18. The summed E-state index contributed by atoms with van der Waals surface area (Å²) in [5, 5.41) is 18.7. The van der Waals surface area contributed by atoms with E-state index in [1.807, 2.05) is 42.5 Å². The van der Waals surface area contributed by atoms with Crippen LogP contribution in [-0.4, -0.2) is 38.4 Å². The number of guanidine groups is 1. The minimum Gasteiger partial charge on any atom is -0.497 e. The van der Waals surface area contributed by atoms with E-state index < -0.39 is 0 Å². The number of aliphatic hydroxyl groups excluding tert-OH is 1. The van der Waals surface area contributed by atoms with Crippen molar-refractivity contribution >= 4 is 16.7 Å². The third-order valence-electron chi connectivity index (χ3n) is 4.80. The smallest absolute Gasteiger partial charge is 0.191 e. The monoisotopic (exact) mass is 377 g/mol. The molecule has 0 fully saturated rings. The van der Waals surface area contributed by atoms with E-state index in [0.29, 0.717) is 19.0 Å². The van der Waals surface area contributed by atoms with Gasteiger partial charge in [0, 0.05) is 26.1 Å². The molecule has 1 atom stereocenters. The maximum absolute atomic E-state index is 9.70. The summed E-state index contributed by atoms with van der Waals surface area (Å²) in [4.78, 5) is 4.28. The van der Waals surface area contributed by atoms with Crippen molar-refractivity contribution in [2.75, 3.05) is 27.3 Å². The summed E-state index contributed by atoms with van der Waals surface area (Å²) < 4.78 is 5.28. The predicted molar refractivity (Wildman–Crippen MR) is 115 cm³/mol. The average molecular weight is 377 g/mol. The van der Waals surface area contributed by atoms with Crippen LogP contribution in [0.1, 0.15) is 17.0 Å². The van der Waals surface area contributed by atoms with Crippen LogP contribution >= 0.6 is 0 Å². The lowest BCUT2D eigenvalue weighted by Crippen LogP contribution is -2.39. The fourth-order valence-corrected chi connectivity index (χ4v) is 3.15. The van der Waals surface area contributed by atoms with Gasteiger partial charge in [0.25, 0.3) is 0 Å². The van der Waals surface area contributed by atoms with Crippen LogP contribution in [0.25, 0.3) is 10.8 Å². The Hall–Kier alpha value is -3.05. The van der Waals surface area contributed by atoms with Gasteiger partial charge in [0.05, 0.1) is 13.7 Å². The van der Waals surface area contributed by atoms with Gasteiger partial charge in [-0.1, -0.05) is 48.5 Å². The molecule has 3 N–H and O–H groups in total. The van der Waals surface area contributed by atoms with Crippen molar-refractivity contribution in [3.8, 4) is 5.75 Å². The Morgan fingerprint density at radius 1 is 1.00 bits per heavy atom. The van der Waals surface area contributed by atoms with E-state index >= 15 is 0 Å². The summed E-state index contributed by atoms with van der Waals surface area (Å²) in [7, 11) is 3.43. The second kappa shape index (κ2) is 9.76. The van der Waals surface area contributed by atoms with Crippen LogP contribution < -0.4 is 15.4 Å². The first-order chi connectivity index (χ1) is 13.7. The molecule has 0 aliphatic heterocycles. The van der Waals surface area contributed by atoms with Crippen LogP contribution in [0, 0.1) is 0 Å². The molecule has 3 aromatic carbocycles. The number of aliphatic imine (C=N–C) groups is 1. The molecule has 0 radical (unpaired) electrons. The largest absolute Gasteiger partial charge is 0.497 e. The molecule has 0 aliphatic rings. The highest BCUT2D eigenvalue weighted by Crippen LogP contribution is 2.21. The number of hydrogen-bond donors (Lipinski definition) is 3. The molecule has 3 aromatic rings. The first-order valence-electron chi connectivity index (χ1n) is 9.40. The molecule has 3 rings (SSSR count). The highest BCUT2D eigenvalue weighted by Gasteiger charge is 2.10. The molecule has 0 heterocycles. The van der Waals surface area contributed by atoms with E-state index in [2.05, 4.69) is 39.9 Å². The summed E-state index contributed by atoms with van der Waals surface area (Å²) >= 11 is 0. The van der Waals surface area contributed by atoms with Crippen LogP contribution in [-0.2, 0) is 6.54 Å². The Balaban J connectivity index is 1.58. The Labute approximate surface area is 166 Å². The zero-order valence-corrected chi connectivity index (χ0v) is 16.4. The van der Waals surface area contributed by atoms with Gasteiger partial charge in [0.2, 0.25) is 0 Å². The van der Waals surface area contributed by atoms with Gasteiger partial charge in [-0.05, 0) is 40.1 Å². The van der Waals surface area contributed by atoms with E-state index in [1.54, 1.807) is 14.2 Å². The predicted octanol–water partition coefficient (Wildman–Crippen LogP) is 3.29. The second-order valence-electron chi connectivity index (χ2n) is 6.64. The van der Waals surface area contributed by atoms with Crippen molar-refractivity contribution < 1.29 is 9.84 Å². The maximum Gasteiger partial charge on any atom is 0.191 e. The molecule has 0 amide bonds. The van der Waals surface area contributed by atoms with Crippen molar-refractivity contribution in [2.45, 2.75) is 12.5 Å². The van der Waals surface area contributed by atoms with Gasteiger partial charge in [-0.25, -0.2) is 0 Å². The normalized spacial score (nSPS) is 12.6. The lowest BCUT2D eigenvalue weighted by atomic mass is 10.0. The number of benzene rings is 3. The first-order valence-corrected chi connectivity index (χ1v) is 9.40. The number of fused-ring (bicyclic) bond motifs is 1. The van der Waals surface area contributed by atoms with E-state index in [-0.39, 0.29) is 12.5 Å². The standard InChI is InChI=1S/C23H27N3O2/c1-24-23(26-15-21(16-27)18-6-4-3-5-7-18)25-14-17-8-9-20-13-22(28-2)11-10-19(20)12-17/h3-13,21,27H,14-16H2,1-2H3,(H2,24,25,26). The third kappa shape index (κ3) is 5.02. The molecular weight excluding hydrogens is 350 g/mol. The summed E-state index contributed by atoms with van der Waals surface area (Å²) in [6.45, 7) is 1.36. The van der Waals surface area contributed by atoms with Crippen LogP contribution in [0.5, 0.6) is 5.75 Å². The van der Waals surface area contributed by atoms with E-state index in [9.17, 15) is 5.11 Å². The van der Waals surface area contributed by atoms with Gasteiger partial charge in [0.15, 0.2) is 5.96 Å². The van der Waals surface area contributed by atoms with Crippen molar-refractivity contribution in [2.24, 2.45) is 4.99 Å². The molecule has 0 spiro atoms. The fourth-order valence-electron chi connectivity index (χ4n) is 3.15. The fraction of sp³-hybridized carbons (Fsp3) is 0.261. The third-order valence-corrected chi connectivity index (χ3v) is 4.80. The van der Waals surface area contributed by atoms with Crippen molar-refractivity contribution in [1.82, 2.24) is 10.6 Å². The summed E-state index contributed by atoms with van der Waals surface area (Å²) in [5.74, 6) is 1.60. The Bertz CT molecular complexity index is 926. The quantitative estimate of drug-likeness (QED) is 0.437. The minimum absolute atomic E-state index is 0.0235. The molecule has 146 valence electrons. The maximum atomic E-state index is 9.70. The molecule has 0 aromatic heterocycles. The van der Waals surface area contributed by atoms with Gasteiger partial charge in [-0.15, -0.1) is 0 Å². The van der Waals surface area contributed by atoms with Gasteiger partial charge >= 0.3 is 0 Å². The van der Waals surface area contributed by atoms with E-state index in [0.717, 1.165) is 16.7 Å². The minimum atomic E-state index is 0.0235. The topological polar surface area (TPSA) is 65.9 Å². The van der Waals surface area contributed by atoms with Crippen LogP contribution in [0.4, 0.5) is 0 Å². The summed E-state index contributed by atoms with van der Waals surface area (Å²) in [5.41, 5.74) is 2.28. The average Bonchev–Trinajstić information content (AvgIpc) is 2.76. The van der Waals surface area contributed by atoms with Crippen LogP contribution in [0.3, 0.4) is 0 Å². The number of ether oxygens (including phenoxy) is 1. The zero-order valence-electron chi connectivity index (χ0n) is 16.4. The number of nitrogens with zero attached hydrogens (tertiary/aromatic N) is 1. The Kier molecular flexibility index (Phi) is 6.87. The van der Waals surface area contributed by atoms with Gasteiger partial charge < -0.3 is 20.5 Å². The lowest BCUT2D eigenvalue weighted by molar-refractivity contribution is 0.265. The van der Waals surface area contributed by atoms with Gasteiger partial charge in [0.1, 0.15) is 5.75 Å². The van der Waals surface area contributed by atoms with Crippen LogP contribution in [0.2, 0.25) is 0 Å². The number of aliphatic hydroxyl groups is 1. The molecule has 0 bridgehead atoms. The SMILES string of the molecule is CN=C(NCc1ccc2cc(OC)ccc2c1)NCC(CO)c1ccccc1. The number of rotatable bonds is 7. The highest BCUT2D eigenvalue weighted by atomic mass is 16.5. The van der Waals surface area contributed by atoms with Crippen molar-refractivity contribution in [3.63, 3.8) is 0 Å². The molecule has 0 aliphatic carbocycles. The van der Waals surface area contributed by atoms with Crippen molar-refractivity contribution in [3.05, 3.63) is 77.9 Å². The van der Waals surface area contributed by atoms with Crippen LogP contribution in [0.15, 0.2) is 71.7 Å². The summed E-state index contributed by atoms with van der Waals surface area (Å²) in [6.07, 6.45) is 0. The zero-order chi connectivity index (χ0) is 19.8. The van der Waals surface area contributed by atoms with E-state index in [1.165, 1.54) is 10.9 Å². The van der Waals surface area contributed by atoms with E-state index in [4.69, 9.17) is 4.74 Å². The van der Waals surface area contributed by atoms with Crippen molar-refractivity contribution in [1.29, 1.82) is 0 Å². The van der Waals surface area contributed by atoms with Gasteiger partial charge in [-0.2, -0.15) is 0 Å². The number of nitrogens with one attached hydrogen (secondary N) is 2. The highest BCUT2D eigenvalue weighted by molar-refractivity contribution is 5.85. The molecule has 0 saturated carbocycles. The number of hydrogen-bond acceptors (Lipinski definition) is 3. The number of methoxy groups -OCH3 is 1. The molecule has 5 nitrogen and oxygen atoms in total. The summed E-state index contributed by atoms with van der Waals surface area (Å²) in [6, 6.07) is 22.4. The molecule has 5 heteroatoms. The first kappa shape index (κ1) is 19.7. The molecule has 1 unspecified atom stereocenters. The Morgan fingerprint density at radius 3 is 2.46 bits per heavy atom. The Morgan fingerprint density at radius 2 is 1.75 bits per heavy atom.